The predicted octanol–water partition coefficient (Wildman–Crippen LogP) is 5.07. The van der Waals surface area contributed by atoms with Crippen molar-refractivity contribution in [1.29, 1.82) is 0 Å². The lowest BCUT2D eigenvalue weighted by Crippen LogP contribution is -1.85. The molecule has 2 aromatic carbocycles. The van der Waals surface area contributed by atoms with Crippen LogP contribution < -0.4 is 0 Å². The van der Waals surface area contributed by atoms with E-state index < -0.39 is 11.6 Å². The molecule has 0 bridgehead atoms. The van der Waals surface area contributed by atoms with Gasteiger partial charge in [-0.05, 0) is 42.5 Å². The van der Waals surface area contributed by atoms with Crippen LogP contribution in [0.5, 0.6) is 0 Å². The number of halogens is 3. The maximum Gasteiger partial charge on any atom is 0.247 e. The molecule has 22 heavy (non-hydrogen) atoms. The molecule has 0 radical (unpaired) electrons. The molecule has 0 saturated heterocycles. The van der Waals surface area contributed by atoms with Crippen molar-refractivity contribution in [1.82, 2.24) is 10.2 Å². The van der Waals surface area contributed by atoms with E-state index in [0.29, 0.717) is 22.4 Å². The lowest BCUT2D eigenvalue weighted by molar-refractivity contribution is 0.505. The van der Waals surface area contributed by atoms with Crippen LogP contribution in [0.3, 0.4) is 0 Å². The summed E-state index contributed by atoms with van der Waals surface area (Å²) in [7, 11) is 0. The summed E-state index contributed by atoms with van der Waals surface area (Å²) in [5.41, 5.74) is 0.819. The summed E-state index contributed by atoms with van der Waals surface area (Å²) >= 11 is 4.65. The van der Waals surface area contributed by atoms with Crippen molar-refractivity contribution in [3.63, 3.8) is 0 Å². The Morgan fingerprint density at radius 3 is 2.50 bits per heavy atom. The first-order chi connectivity index (χ1) is 10.6. The summed E-state index contributed by atoms with van der Waals surface area (Å²) in [5, 5.41) is 7.93. The molecular formula is C15H9BrF2N2OS. The molecule has 0 amide bonds. The normalized spacial score (nSPS) is 10.9. The Kier molecular flexibility index (Phi) is 4.54. The summed E-state index contributed by atoms with van der Waals surface area (Å²) in [6.45, 7) is 0. The molecule has 7 heteroatoms. The monoisotopic (exact) mass is 382 g/mol. The topological polar surface area (TPSA) is 38.9 Å². The highest BCUT2D eigenvalue weighted by Gasteiger charge is 2.10. The molecule has 0 unspecified atom stereocenters. The molecule has 0 saturated carbocycles. The molecule has 0 aliphatic carbocycles. The molecule has 112 valence electrons. The molecular weight excluding hydrogens is 374 g/mol. The number of hydrogen-bond acceptors (Lipinski definition) is 4. The Balaban J connectivity index is 1.69. The first-order valence-electron chi connectivity index (χ1n) is 6.28. The first-order valence-corrected chi connectivity index (χ1v) is 8.06. The Labute approximate surface area is 137 Å². The van der Waals surface area contributed by atoms with E-state index in [2.05, 4.69) is 26.1 Å². The molecule has 0 atom stereocenters. The highest BCUT2D eigenvalue weighted by molar-refractivity contribution is 9.10. The lowest BCUT2D eigenvalue weighted by atomic mass is 10.2. The molecule has 3 aromatic rings. The zero-order valence-corrected chi connectivity index (χ0v) is 13.5. The summed E-state index contributed by atoms with van der Waals surface area (Å²) in [6.07, 6.45) is 0. The van der Waals surface area contributed by atoms with E-state index in [4.69, 9.17) is 4.42 Å². The molecule has 0 fully saturated rings. The van der Waals surface area contributed by atoms with Crippen molar-refractivity contribution in [2.75, 3.05) is 0 Å². The summed E-state index contributed by atoms with van der Waals surface area (Å²) in [4.78, 5) is 0.599. The number of thioether (sulfide) groups is 1. The van der Waals surface area contributed by atoms with Crippen molar-refractivity contribution in [3.05, 3.63) is 64.5 Å². The number of nitrogens with zero attached hydrogens (tertiary/aromatic N) is 2. The lowest BCUT2D eigenvalue weighted by Gasteiger charge is -1.99. The van der Waals surface area contributed by atoms with Crippen LogP contribution in [0.25, 0.3) is 11.5 Å². The predicted molar refractivity (Wildman–Crippen MR) is 83.4 cm³/mol. The van der Waals surface area contributed by atoms with Crippen molar-refractivity contribution in [2.24, 2.45) is 0 Å². The van der Waals surface area contributed by atoms with Crippen LogP contribution in [0.15, 0.2) is 56.2 Å². The van der Waals surface area contributed by atoms with Gasteiger partial charge in [0.15, 0.2) is 11.6 Å². The van der Waals surface area contributed by atoms with Crippen molar-refractivity contribution in [3.8, 4) is 11.5 Å². The third-order valence-corrected chi connectivity index (χ3v) is 4.32. The van der Waals surface area contributed by atoms with Gasteiger partial charge in [-0.1, -0.05) is 15.9 Å². The highest BCUT2D eigenvalue weighted by atomic mass is 79.9. The van der Waals surface area contributed by atoms with Gasteiger partial charge >= 0.3 is 0 Å². The maximum atomic E-state index is 13.1. The minimum atomic E-state index is -0.869. The fourth-order valence-corrected chi connectivity index (χ4v) is 2.75. The van der Waals surface area contributed by atoms with Crippen LogP contribution in [0.1, 0.15) is 5.89 Å². The van der Waals surface area contributed by atoms with Crippen LogP contribution in [-0.2, 0) is 5.75 Å². The number of benzene rings is 2. The third-order valence-electron chi connectivity index (χ3n) is 2.81. The van der Waals surface area contributed by atoms with E-state index in [1.807, 2.05) is 24.3 Å². The molecule has 0 aliphatic rings. The van der Waals surface area contributed by atoms with E-state index in [-0.39, 0.29) is 0 Å². The minimum absolute atomic E-state index is 0.384. The molecule has 0 aliphatic heterocycles. The van der Waals surface area contributed by atoms with Gasteiger partial charge in [0.2, 0.25) is 11.8 Å². The van der Waals surface area contributed by atoms with Gasteiger partial charge in [0, 0.05) is 14.9 Å². The van der Waals surface area contributed by atoms with E-state index in [0.717, 1.165) is 22.2 Å². The molecule has 0 spiro atoms. The fourth-order valence-electron chi connectivity index (χ4n) is 1.73. The zero-order chi connectivity index (χ0) is 15.5. The standard InChI is InChI=1S/C15H9BrF2N2OS/c16-10-3-1-9(2-4-10)15-20-19-14(21-15)8-22-11-5-6-12(17)13(18)7-11/h1-7H,8H2. The van der Waals surface area contributed by atoms with Gasteiger partial charge in [0.1, 0.15) is 0 Å². The van der Waals surface area contributed by atoms with Crippen LogP contribution >= 0.6 is 27.7 Å². The van der Waals surface area contributed by atoms with Gasteiger partial charge in [-0.3, -0.25) is 0 Å². The maximum absolute atomic E-state index is 13.1. The quantitative estimate of drug-likeness (QED) is 0.590. The fraction of sp³-hybridized carbons (Fsp3) is 0.0667. The van der Waals surface area contributed by atoms with E-state index in [1.54, 1.807) is 0 Å². The van der Waals surface area contributed by atoms with Gasteiger partial charge in [-0.25, -0.2) is 8.78 Å². The van der Waals surface area contributed by atoms with Crippen LogP contribution in [0, 0.1) is 11.6 Å². The van der Waals surface area contributed by atoms with E-state index in [1.165, 1.54) is 17.8 Å². The third kappa shape index (κ3) is 3.53. The van der Waals surface area contributed by atoms with Gasteiger partial charge < -0.3 is 4.42 Å². The second-order valence-corrected chi connectivity index (χ2v) is 6.34. The second kappa shape index (κ2) is 6.58. The summed E-state index contributed by atoms with van der Waals surface area (Å²) in [6, 6.07) is 11.2. The molecule has 3 nitrogen and oxygen atoms in total. The molecule has 3 rings (SSSR count). The molecule has 1 heterocycles. The van der Waals surface area contributed by atoms with Crippen LogP contribution in [-0.4, -0.2) is 10.2 Å². The van der Waals surface area contributed by atoms with Crippen molar-refractivity contribution < 1.29 is 13.2 Å². The number of rotatable bonds is 4. The number of aromatic nitrogens is 2. The SMILES string of the molecule is Fc1ccc(SCc2nnc(-c3ccc(Br)cc3)o2)cc1F. The van der Waals surface area contributed by atoms with Crippen LogP contribution in [0.2, 0.25) is 0 Å². The zero-order valence-electron chi connectivity index (χ0n) is 11.1. The Morgan fingerprint density at radius 1 is 1.00 bits per heavy atom. The van der Waals surface area contributed by atoms with Gasteiger partial charge in [0.05, 0.1) is 5.75 Å². The Hall–Kier alpha value is -1.73. The smallest absolute Gasteiger partial charge is 0.247 e. The largest absolute Gasteiger partial charge is 0.420 e. The van der Waals surface area contributed by atoms with Crippen molar-refractivity contribution >= 4 is 27.7 Å². The molecule has 0 N–H and O–H groups in total. The Morgan fingerprint density at radius 2 is 1.77 bits per heavy atom. The van der Waals surface area contributed by atoms with Gasteiger partial charge in [0.25, 0.3) is 0 Å². The van der Waals surface area contributed by atoms with Gasteiger partial charge in [-0.2, -0.15) is 0 Å². The van der Waals surface area contributed by atoms with E-state index >= 15 is 0 Å². The average Bonchev–Trinajstić information content (AvgIpc) is 2.98. The second-order valence-electron chi connectivity index (χ2n) is 4.37. The minimum Gasteiger partial charge on any atom is -0.420 e. The highest BCUT2D eigenvalue weighted by Crippen LogP contribution is 2.26. The summed E-state index contributed by atoms with van der Waals surface area (Å²) < 4.78 is 32.5. The van der Waals surface area contributed by atoms with Crippen LogP contribution in [0.4, 0.5) is 8.78 Å². The van der Waals surface area contributed by atoms with E-state index in [9.17, 15) is 8.78 Å². The Bertz CT molecular complexity index is 792. The van der Waals surface area contributed by atoms with Gasteiger partial charge in [-0.15, -0.1) is 22.0 Å². The number of hydrogen-bond donors (Lipinski definition) is 0. The average molecular weight is 383 g/mol. The summed E-state index contributed by atoms with van der Waals surface area (Å²) in [5.74, 6) is -0.499. The van der Waals surface area contributed by atoms with Crippen molar-refractivity contribution in [2.45, 2.75) is 10.6 Å². The molecule has 1 aromatic heterocycles. The first kappa shape index (κ1) is 15.2.